The molecule has 1 rings (SSSR count). The number of aliphatic hydroxyl groups excluding tert-OH is 1. The van der Waals surface area contributed by atoms with Crippen molar-refractivity contribution in [2.24, 2.45) is 0 Å². The summed E-state index contributed by atoms with van der Waals surface area (Å²) >= 11 is 11.1. The number of carbonyl (C=O) groups is 1. The van der Waals surface area contributed by atoms with E-state index in [-0.39, 0.29) is 17.7 Å². The Morgan fingerprint density at radius 1 is 1.29 bits per heavy atom. The van der Waals surface area contributed by atoms with Crippen LogP contribution in [-0.2, 0) is 11.2 Å². The Kier molecular flexibility index (Phi) is 7.64. The van der Waals surface area contributed by atoms with Gasteiger partial charge in [-0.15, -0.1) is 23.2 Å². The molecule has 1 aromatic carbocycles. The lowest BCUT2D eigenvalue weighted by Crippen LogP contribution is -2.27. The Balaban J connectivity index is 3.00. The second-order valence-electron chi connectivity index (χ2n) is 4.31. The summed E-state index contributed by atoms with van der Waals surface area (Å²) < 4.78 is 10.5. The van der Waals surface area contributed by atoms with Crippen LogP contribution in [0.3, 0.4) is 0 Å². The summed E-state index contributed by atoms with van der Waals surface area (Å²) in [4.78, 5) is 11.1. The molecule has 0 spiro atoms. The monoisotopic (exact) mass is 335 g/mol. The number of methoxy groups -OCH3 is 2. The van der Waals surface area contributed by atoms with Crippen LogP contribution in [0.4, 0.5) is 0 Å². The van der Waals surface area contributed by atoms with Crippen LogP contribution in [0.25, 0.3) is 0 Å². The topological polar surface area (TPSA) is 67.8 Å². The average Bonchev–Trinajstić information content (AvgIpc) is 2.53. The fourth-order valence-corrected chi connectivity index (χ4v) is 2.19. The zero-order chi connectivity index (χ0) is 15.8. The standard InChI is InChI=1S/C14H19Cl2NO4/c1-20-12-5-9(3-4-17-14(19)8-16)10(11(18)7-15)6-13(12)21-2/h5-6,11,18H,3-4,7-8H2,1-2H3,(H,17,19). The number of hydrogen-bond donors (Lipinski definition) is 2. The van der Waals surface area contributed by atoms with Crippen LogP contribution in [0, 0.1) is 0 Å². The molecule has 0 fully saturated rings. The Morgan fingerprint density at radius 3 is 2.43 bits per heavy atom. The maximum atomic E-state index is 11.1. The Hall–Kier alpha value is -1.17. The van der Waals surface area contributed by atoms with Crippen LogP contribution in [0.1, 0.15) is 17.2 Å². The molecule has 0 bridgehead atoms. The molecular formula is C14H19Cl2NO4. The molecule has 1 aromatic rings. The fraction of sp³-hybridized carbons (Fsp3) is 0.500. The summed E-state index contributed by atoms with van der Waals surface area (Å²) in [5.41, 5.74) is 1.48. The SMILES string of the molecule is COc1cc(CCNC(=O)CCl)c(C(O)CCl)cc1OC. The van der Waals surface area contributed by atoms with Crippen molar-refractivity contribution >= 4 is 29.1 Å². The van der Waals surface area contributed by atoms with Gasteiger partial charge >= 0.3 is 0 Å². The van der Waals surface area contributed by atoms with E-state index in [9.17, 15) is 9.90 Å². The average molecular weight is 336 g/mol. The first kappa shape index (κ1) is 17.9. The highest BCUT2D eigenvalue weighted by Gasteiger charge is 2.16. The molecule has 7 heteroatoms. The Bertz CT molecular complexity index is 482. The molecule has 1 atom stereocenters. The van der Waals surface area contributed by atoms with E-state index in [1.54, 1.807) is 12.1 Å². The molecule has 0 aliphatic rings. The van der Waals surface area contributed by atoms with Crippen molar-refractivity contribution in [2.75, 3.05) is 32.5 Å². The smallest absolute Gasteiger partial charge is 0.234 e. The van der Waals surface area contributed by atoms with E-state index in [0.717, 1.165) is 5.56 Å². The van der Waals surface area contributed by atoms with Gasteiger partial charge in [0.05, 0.1) is 26.2 Å². The van der Waals surface area contributed by atoms with Gasteiger partial charge in [0.25, 0.3) is 0 Å². The molecule has 5 nitrogen and oxygen atoms in total. The number of ether oxygens (including phenoxy) is 2. The van der Waals surface area contributed by atoms with E-state index in [1.807, 2.05) is 0 Å². The van der Waals surface area contributed by atoms with Gasteiger partial charge in [-0.3, -0.25) is 4.79 Å². The second-order valence-corrected chi connectivity index (χ2v) is 4.89. The van der Waals surface area contributed by atoms with Crippen LogP contribution in [0.5, 0.6) is 11.5 Å². The summed E-state index contributed by atoms with van der Waals surface area (Å²) in [5.74, 6) is 0.822. The molecular weight excluding hydrogens is 317 g/mol. The second kappa shape index (κ2) is 8.97. The van der Waals surface area contributed by atoms with Crippen LogP contribution < -0.4 is 14.8 Å². The van der Waals surface area contributed by atoms with Crippen molar-refractivity contribution in [2.45, 2.75) is 12.5 Å². The van der Waals surface area contributed by atoms with Crippen molar-refractivity contribution in [3.8, 4) is 11.5 Å². The van der Waals surface area contributed by atoms with Crippen molar-refractivity contribution in [1.29, 1.82) is 0 Å². The van der Waals surface area contributed by atoms with Crippen LogP contribution in [0.15, 0.2) is 12.1 Å². The van der Waals surface area contributed by atoms with E-state index < -0.39 is 6.10 Å². The molecule has 2 N–H and O–H groups in total. The number of benzene rings is 1. The van der Waals surface area contributed by atoms with Crippen molar-refractivity contribution in [3.63, 3.8) is 0 Å². The Morgan fingerprint density at radius 2 is 1.90 bits per heavy atom. The fourth-order valence-electron chi connectivity index (χ4n) is 1.93. The van der Waals surface area contributed by atoms with Crippen LogP contribution >= 0.6 is 23.2 Å². The van der Waals surface area contributed by atoms with Gasteiger partial charge in [0.1, 0.15) is 5.88 Å². The molecule has 0 aliphatic carbocycles. The summed E-state index contributed by atoms with van der Waals surface area (Å²) in [6, 6.07) is 3.47. The van der Waals surface area contributed by atoms with E-state index in [2.05, 4.69) is 5.32 Å². The summed E-state index contributed by atoms with van der Waals surface area (Å²) in [6.45, 7) is 0.406. The minimum absolute atomic E-state index is 0.0660. The predicted octanol–water partition coefficient (Wildman–Crippen LogP) is 1.87. The molecule has 0 saturated heterocycles. The van der Waals surface area contributed by atoms with E-state index >= 15 is 0 Å². The quantitative estimate of drug-likeness (QED) is 0.712. The molecule has 1 amide bonds. The highest BCUT2D eigenvalue weighted by molar-refractivity contribution is 6.27. The number of alkyl halides is 2. The summed E-state index contributed by atoms with van der Waals surface area (Å²) in [5, 5.41) is 12.7. The predicted molar refractivity (Wildman–Crippen MR) is 82.7 cm³/mol. The molecule has 0 aromatic heterocycles. The van der Waals surface area contributed by atoms with Gasteiger partial charge in [-0.2, -0.15) is 0 Å². The lowest BCUT2D eigenvalue weighted by atomic mass is 9.99. The third-order valence-corrected chi connectivity index (χ3v) is 3.52. The van der Waals surface area contributed by atoms with Gasteiger partial charge in [-0.25, -0.2) is 0 Å². The van der Waals surface area contributed by atoms with Gasteiger partial charge in [0.2, 0.25) is 5.91 Å². The summed E-state index contributed by atoms with van der Waals surface area (Å²) in [7, 11) is 3.06. The normalized spacial score (nSPS) is 11.9. The number of nitrogens with one attached hydrogen (secondary N) is 1. The van der Waals surface area contributed by atoms with Gasteiger partial charge in [-0.05, 0) is 29.7 Å². The third kappa shape index (κ3) is 4.95. The van der Waals surface area contributed by atoms with Crippen molar-refractivity contribution in [3.05, 3.63) is 23.3 Å². The highest BCUT2D eigenvalue weighted by atomic mass is 35.5. The zero-order valence-electron chi connectivity index (χ0n) is 12.0. The molecule has 21 heavy (non-hydrogen) atoms. The van der Waals surface area contributed by atoms with E-state index in [1.165, 1.54) is 14.2 Å². The first-order valence-corrected chi connectivity index (χ1v) is 7.45. The number of carbonyl (C=O) groups excluding carboxylic acids is 1. The van der Waals surface area contributed by atoms with Crippen LogP contribution in [0.2, 0.25) is 0 Å². The van der Waals surface area contributed by atoms with Gasteiger partial charge in [0, 0.05) is 6.54 Å². The van der Waals surface area contributed by atoms with Gasteiger partial charge < -0.3 is 19.9 Å². The maximum Gasteiger partial charge on any atom is 0.234 e. The first-order valence-electron chi connectivity index (χ1n) is 6.38. The number of aliphatic hydroxyl groups is 1. The maximum absolute atomic E-state index is 11.1. The molecule has 0 heterocycles. The lowest BCUT2D eigenvalue weighted by Gasteiger charge is -2.17. The third-order valence-electron chi connectivity index (χ3n) is 2.99. The largest absolute Gasteiger partial charge is 0.493 e. The Labute approximate surface area is 134 Å². The number of halogens is 2. The molecule has 0 radical (unpaired) electrons. The van der Waals surface area contributed by atoms with E-state index in [4.69, 9.17) is 32.7 Å². The number of hydrogen-bond acceptors (Lipinski definition) is 4. The summed E-state index contributed by atoms with van der Waals surface area (Å²) in [6.07, 6.45) is -0.295. The van der Waals surface area contributed by atoms with Gasteiger partial charge in [0.15, 0.2) is 11.5 Å². The van der Waals surface area contributed by atoms with E-state index in [0.29, 0.717) is 30.0 Å². The first-order chi connectivity index (χ1) is 10.1. The van der Waals surface area contributed by atoms with Crippen molar-refractivity contribution < 1.29 is 19.4 Å². The zero-order valence-corrected chi connectivity index (χ0v) is 13.5. The molecule has 0 saturated carbocycles. The van der Waals surface area contributed by atoms with Gasteiger partial charge in [-0.1, -0.05) is 0 Å². The number of amides is 1. The molecule has 118 valence electrons. The minimum Gasteiger partial charge on any atom is -0.493 e. The highest BCUT2D eigenvalue weighted by Crippen LogP contribution is 2.33. The minimum atomic E-state index is -0.815. The van der Waals surface area contributed by atoms with Crippen molar-refractivity contribution in [1.82, 2.24) is 5.32 Å². The van der Waals surface area contributed by atoms with Crippen LogP contribution in [-0.4, -0.2) is 43.5 Å². The molecule has 0 aliphatic heterocycles. The molecule has 1 unspecified atom stereocenters. The number of rotatable bonds is 8. The lowest BCUT2D eigenvalue weighted by molar-refractivity contribution is -0.118.